The number of halogens is 2. The second-order valence-corrected chi connectivity index (χ2v) is 7.14. The molecule has 7 nitrogen and oxygen atoms in total. The molecule has 1 fully saturated rings. The molecule has 1 unspecified atom stereocenters. The quantitative estimate of drug-likeness (QED) is 0.724. The van der Waals surface area contributed by atoms with Crippen LogP contribution >= 0.6 is 0 Å². The number of amides is 1. The van der Waals surface area contributed by atoms with Crippen LogP contribution in [-0.2, 0) is 30.7 Å². The fraction of sp³-hybridized carbons (Fsp3) is 0.588. The van der Waals surface area contributed by atoms with Gasteiger partial charge in [-0.25, -0.2) is 8.78 Å². The average Bonchev–Trinajstić information content (AvgIpc) is 3.25. The molecule has 0 aliphatic heterocycles. The number of H-pyrrole nitrogens is 1. The van der Waals surface area contributed by atoms with E-state index in [1.165, 1.54) is 0 Å². The summed E-state index contributed by atoms with van der Waals surface area (Å²) in [6.45, 7) is 0.942. The van der Waals surface area contributed by atoms with Gasteiger partial charge < -0.3 is 15.2 Å². The van der Waals surface area contributed by atoms with Crippen molar-refractivity contribution in [1.29, 1.82) is 0 Å². The number of aryl methyl sites for hydroxylation is 1. The summed E-state index contributed by atoms with van der Waals surface area (Å²) in [5.41, 5.74) is 2.79. The third kappa shape index (κ3) is 3.62. The van der Waals surface area contributed by atoms with Gasteiger partial charge in [-0.05, 0) is 12.8 Å². The molecule has 0 spiro atoms. The Balaban J connectivity index is 1.31. The maximum absolute atomic E-state index is 12.9. The molecule has 2 aliphatic carbocycles. The fourth-order valence-corrected chi connectivity index (χ4v) is 3.57. The molecule has 0 radical (unpaired) electrons. The molecular formula is C17H21F2N5O2. The maximum Gasteiger partial charge on any atom is 0.249 e. The zero-order valence-electron chi connectivity index (χ0n) is 14.2. The third-order valence-corrected chi connectivity index (χ3v) is 5.16. The van der Waals surface area contributed by atoms with Crippen molar-refractivity contribution in [2.24, 2.45) is 5.92 Å². The Morgan fingerprint density at radius 2 is 2.23 bits per heavy atom. The first-order valence-corrected chi connectivity index (χ1v) is 8.83. The molecule has 2 aromatic heterocycles. The number of nitrogens with one attached hydrogen (secondary N) is 3. The number of nitrogens with zero attached hydrogens (tertiary/aromatic N) is 2. The summed E-state index contributed by atoms with van der Waals surface area (Å²) in [6, 6.07) is 0.288. The Morgan fingerprint density at radius 1 is 1.38 bits per heavy atom. The highest BCUT2D eigenvalue weighted by atomic mass is 19.3. The van der Waals surface area contributed by atoms with Crippen molar-refractivity contribution in [3.05, 3.63) is 35.0 Å². The number of carbonyl (C=O) groups excluding carboxylic acids is 1. The summed E-state index contributed by atoms with van der Waals surface area (Å²) in [5.74, 6) is -2.77. The monoisotopic (exact) mass is 365 g/mol. The van der Waals surface area contributed by atoms with Gasteiger partial charge in [0, 0.05) is 55.1 Å². The van der Waals surface area contributed by atoms with Crippen LogP contribution in [-0.4, -0.2) is 33.2 Å². The smallest absolute Gasteiger partial charge is 0.249 e. The van der Waals surface area contributed by atoms with Gasteiger partial charge >= 0.3 is 0 Å². The summed E-state index contributed by atoms with van der Waals surface area (Å²) in [4.78, 5) is 12.0. The predicted molar refractivity (Wildman–Crippen MR) is 87.3 cm³/mol. The van der Waals surface area contributed by atoms with E-state index >= 15 is 0 Å². The first-order chi connectivity index (χ1) is 12.5. The minimum Gasteiger partial charge on any atom is -0.361 e. The number of rotatable bonds is 6. The van der Waals surface area contributed by atoms with Crippen LogP contribution in [0.5, 0.6) is 0 Å². The minimum atomic E-state index is -2.69. The number of hydrogen-bond donors (Lipinski definition) is 3. The highest BCUT2D eigenvalue weighted by Gasteiger charge is 2.48. The van der Waals surface area contributed by atoms with Gasteiger partial charge in [0.05, 0.1) is 12.7 Å². The molecule has 140 valence electrons. The van der Waals surface area contributed by atoms with Gasteiger partial charge in [0.25, 0.3) is 0 Å². The number of aromatic amines is 1. The molecule has 1 saturated carbocycles. The van der Waals surface area contributed by atoms with Crippen molar-refractivity contribution in [3.63, 3.8) is 0 Å². The zero-order valence-corrected chi connectivity index (χ0v) is 14.2. The fourth-order valence-electron chi connectivity index (χ4n) is 3.57. The predicted octanol–water partition coefficient (Wildman–Crippen LogP) is 1.71. The largest absolute Gasteiger partial charge is 0.361 e. The van der Waals surface area contributed by atoms with Crippen LogP contribution in [0.25, 0.3) is 0 Å². The Labute approximate surface area is 148 Å². The van der Waals surface area contributed by atoms with Crippen LogP contribution in [0.15, 0.2) is 16.9 Å². The van der Waals surface area contributed by atoms with Crippen molar-refractivity contribution in [3.8, 4) is 0 Å². The van der Waals surface area contributed by atoms with Crippen LogP contribution in [0, 0.1) is 5.92 Å². The summed E-state index contributed by atoms with van der Waals surface area (Å²) in [6.07, 6.45) is 5.41. The number of carbonyl (C=O) groups is 1. The normalized spacial score (nSPS) is 21.8. The van der Waals surface area contributed by atoms with E-state index in [-0.39, 0.29) is 31.3 Å². The molecule has 2 heterocycles. The molecule has 0 bridgehead atoms. The molecule has 9 heteroatoms. The van der Waals surface area contributed by atoms with Gasteiger partial charge in [-0.3, -0.25) is 9.89 Å². The van der Waals surface area contributed by atoms with Crippen LogP contribution < -0.4 is 10.6 Å². The van der Waals surface area contributed by atoms with E-state index in [2.05, 4.69) is 26.0 Å². The van der Waals surface area contributed by atoms with Crippen molar-refractivity contribution in [1.82, 2.24) is 26.0 Å². The van der Waals surface area contributed by atoms with Gasteiger partial charge in [-0.2, -0.15) is 5.10 Å². The number of alkyl halides is 2. The van der Waals surface area contributed by atoms with E-state index in [1.54, 1.807) is 6.20 Å². The molecule has 1 atom stereocenters. The molecule has 4 rings (SSSR count). The minimum absolute atomic E-state index is 0.216. The lowest BCUT2D eigenvalue weighted by molar-refractivity contribution is -0.150. The highest BCUT2D eigenvalue weighted by molar-refractivity contribution is 5.79. The SMILES string of the molecule is O=C(NCc1noc2c1CC(NCc1cn[nH]c1)CC2)C1CC(F)(F)C1. The first kappa shape index (κ1) is 17.1. The van der Waals surface area contributed by atoms with Crippen molar-refractivity contribution in [2.45, 2.75) is 57.2 Å². The topological polar surface area (TPSA) is 95.8 Å². The van der Waals surface area contributed by atoms with E-state index in [9.17, 15) is 13.6 Å². The number of fused-ring (bicyclic) bond motifs is 1. The molecule has 26 heavy (non-hydrogen) atoms. The van der Waals surface area contributed by atoms with Gasteiger partial charge in [-0.1, -0.05) is 5.16 Å². The first-order valence-electron chi connectivity index (χ1n) is 8.83. The molecule has 2 aromatic rings. The third-order valence-electron chi connectivity index (χ3n) is 5.16. The van der Waals surface area contributed by atoms with Crippen molar-refractivity contribution in [2.75, 3.05) is 0 Å². The lowest BCUT2D eigenvalue weighted by atomic mass is 9.81. The summed E-state index contributed by atoms with van der Waals surface area (Å²) in [5, 5.41) is 17.0. The van der Waals surface area contributed by atoms with Gasteiger partial charge in [-0.15, -0.1) is 0 Å². The average molecular weight is 365 g/mol. The Hall–Kier alpha value is -2.29. The molecule has 3 N–H and O–H groups in total. The van der Waals surface area contributed by atoms with E-state index in [4.69, 9.17) is 4.52 Å². The van der Waals surface area contributed by atoms with E-state index in [0.717, 1.165) is 42.7 Å². The lowest BCUT2D eigenvalue weighted by Gasteiger charge is -2.33. The second-order valence-electron chi connectivity index (χ2n) is 7.14. The molecular weight excluding hydrogens is 344 g/mol. The summed E-state index contributed by atoms with van der Waals surface area (Å²) >= 11 is 0. The number of hydrogen-bond acceptors (Lipinski definition) is 5. The molecule has 1 amide bonds. The van der Waals surface area contributed by atoms with E-state index in [0.29, 0.717) is 5.69 Å². The van der Waals surface area contributed by atoms with E-state index in [1.807, 2.05) is 6.20 Å². The molecule has 2 aliphatic rings. The van der Waals surface area contributed by atoms with Crippen LogP contribution in [0.2, 0.25) is 0 Å². The van der Waals surface area contributed by atoms with Gasteiger partial charge in [0.15, 0.2) is 0 Å². The molecule has 0 saturated heterocycles. The van der Waals surface area contributed by atoms with Crippen LogP contribution in [0.3, 0.4) is 0 Å². The molecule has 0 aromatic carbocycles. The zero-order chi connectivity index (χ0) is 18.1. The lowest BCUT2D eigenvalue weighted by Crippen LogP contribution is -2.44. The summed E-state index contributed by atoms with van der Waals surface area (Å²) < 4.78 is 31.2. The van der Waals surface area contributed by atoms with Gasteiger partial charge in [0.1, 0.15) is 11.5 Å². The van der Waals surface area contributed by atoms with Crippen molar-refractivity contribution < 1.29 is 18.1 Å². The van der Waals surface area contributed by atoms with Gasteiger partial charge in [0.2, 0.25) is 11.8 Å². The Kier molecular flexibility index (Phi) is 4.47. The Bertz CT molecular complexity index is 766. The maximum atomic E-state index is 12.9. The number of aromatic nitrogens is 3. The highest BCUT2D eigenvalue weighted by Crippen LogP contribution is 2.42. The van der Waals surface area contributed by atoms with E-state index < -0.39 is 11.8 Å². The summed E-state index contributed by atoms with van der Waals surface area (Å²) in [7, 11) is 0. The van der Waals surface area contributed by atoms with Crippen molar-refractivity contribution >= 4 is 5.91 Å². The van der Waals surface area contributed by atoms with Crippen LogP contribution in [0.4, 0.5) is 8.78 Å². The second kappa shape index (κ2) is 6.79. The standard InChI is InChI=1S/C17H21F2N5O2/c18-17(19)4-11(5-17)16(25)21-9-14-13-3-12(1-2-15(13)26-24-14)20-6-10-7-22-23-8-10/h7-8,11-12,20H,1-6,9H2,(H,21,25)(H,22,23). The van der Waals surface area contributed by atoms with Crippen LogP contribution in [0.1, 0.15) is 41.8 Å². The Morgan fingerprint density at radius 3 is 2.96 bits per heavy atom.